The van der Waals surface area contributed by atoms with E-state index in [1.807, 2.05) is 18.2 Å². The lowest BCUT2D eigenvalue weighted by molar-refractivity contribution is 0.794. The number of benzene rings is 9. The molecule has 9 aromatic rings. The molecule has 9 aromatic carbocycles. The molecule has 12 rings (SSSR count). The first-order valence-corrected chi connectivity index (χ1v) is 23.0. The maximum absolute atomic E-state index is 4.08. The van der Waals surface area contributed by atoms with Crippen LogP contribution in [0.4, 0.5) is 0 Å². The predicted molar refractivity (Wildman–Crippen MR) is 283 cm³/mol. The smallest absolute Gasteiger partial charge is 0.0725 e. The Morgan fingerprint density at radius 3 is 1.29 bits per heavy atom. The monoisotopic (exact) mass is 848 g/mol. The molecule has 1 spiro atoms. The number of aryl methyl sites for hydroxylation is 4. The molecule has 0 aliphatic heterocycles. The van der Waals surface area contributed by atoms with Crippen molar-refractivity contribution in [3.05, 3.63) is 305 Å². The van der Waals surface area contributed by atoms with E-state index < -0.39 is 0 Å². The van der Waals surface area contributed by atoms with Gasteiger partial charge in [0.05, 0.1) is 5.41 Å². The fourth-order valence-electron chi connectivity index (χ4n) is 9.89. The number of allylic oxidation sites excluding steroid dienone is 4. The van der Waals surface area contributed by atoms with Crippen LogP contribution in [-0.4, -0.2) is 0 Å². The van der Waals surface area contributed by atoms with Crippen molar-refractivity contribution in [2.45, 2.75) is 39.5 Å². The van der Waals surface area contributed by atoms with Crippen molar-refractivity contribution >= 4 is 5.57 Å². The van der Waals surface area contributed by atoms with Gasteiger partial charge in [0, 0.05) is 0 Å². The highest BCUT2D eigenvalue weighted by atomic mass is 14.5. The molecule has 0 saturated heterocycles. The highest BCUT2D eigenvalue weighted by molar-refractivity contribution is 5.99. The minimum Gasteiger partial charge on any atom is -0.0991 e. The number of hydrogen-bond donors (Lipinski definition) is 0. The van der Waals surface area contributed by atoms with Gasteiger partial charge < -0.3 is 0 Å². The van der Waals surface area contributed by atoms with Crippen molar-refractivity contribution in [1.82, 2.24) is 0 Å². The number of fused-ring (bicyclic) bond motifs is 11. The van der Waals surface area contributed by atoms with Gasteiger partial charge in [-0.3, -0.25) is 0 Å². The third-order valence-electron chi connectivity index (χ3n) is 13.2. The fraction of sp³-hybridized carbons (Fsp3) is 0.0909. The Bertz CT molecular complexity index is 3130. The van der Waals surface area contributed by atoms with Crippen LogP contribution < -0.4 is 0 Å². The average Bonchev–Trinajstić information content (AvgIpc) is 3.97. The Labute approximate surface area is 392 Å². The summed E-state index contributed by atoms with van der Waals surface area (Å²) in [7, 11) is 0. The summed E-state index contributed by atoms with van der Waals surface area (Å²) in [6.07, 6.45) is 4.87. The molecule has 66 heavy (non-hydrogen) atoms. The Balaban J connectivity index is 0.000000132. The third kappa shape index (κ3) is 8.35. The van der Waals surface area contributed by atoms with Gasteiger partial charge in [-0.25, -0.2) is 0 Å². The summed E-state index contributed by atoms with van der Waals surface area (Å²) in [6.45, 7) is 16.2. The van der Waals surface area contributed by atoms with E-state index in [1.54, 1.807) is 0 Å². The molecule has 0 N–H and O–H groups in total. The SMILES string of the molecule is C=C/C=C1/Cc2ccccc2C1=C.Cc1ccc(-c2cccc3c2-c2ccccc2C32c3ccccc3-c3ccccc32)cc1.Cc1ccc(-c2ccccc2)cc1.Cc1ccc(C)cc1. The van der Waals surface area contributed by atoms with Gasteiger partial charge in [0.2, 0.25) is 0 Å². The van der Waals surface area contributed by atoms with Crippen molar-refractivity contribution in [3.8, 4) is 44.5 Å². The van der Waals surface area contributed by atoms with Crippen LogP contribution in [0.2, 0.25) is 0 Å². The third-order valence-corrected chi connectivity index (χ3v) is 13.2. The molecule has 0 nitrogen and oxygen atoms in total. The maximum atomic E-state index is 4.08. The van der Waals surface area contributed by atoms with Crippen LogP contribution in [0.3, 0.4) is 0 Å². The molecule has 3 aliphatic rings. The van der Waals surface area contributed by atoms with Gasteiger partial charge in [-0.2, -0.15) is 0 Å². The molecule has 0 fully saturated rings. The van der Waals surface area contributed by atoms with Crippen LogP contribution in [0.15, 0.2) is 249 Å². The summed E-state index contributed by atoms with van der Waals surface area (Å²) >= 11 is 0. The van der Waals surface area contributed by atoms with E-state index >= 15 is 0 Å². The topological polar surface area (TPSA) is 0 Å². The van der Waals surface area contributed by atoms with Crippen LogP contribution in [-0.2, 0) is 11.8 Å². The van der Waals surface area contributed by atoms with Crippen molar-refractivity contribution in [1.29, 1.82) is 0 Å². The van der Waals surface area contributed by atoms with Gasteiger partial charge in [0.25, 0.3) is 0 Å². The summed E-state index contributed by atoms with van der Waals surface area (Å²) in [5, 5.41) is 0. The Hall–Kier alpha value is -7.80. The lowest BCUT2D eigenvalue weighted by Gasteiger charge is -2.30. The molecule has 0 amide bonds. The molecule has 0 atom stereocenters. The molecule has 0 bridgehead atoms. The number of hydrogen-bond acceptors (Lipinski definition) is 0. The second-order valence-corrected chi connectivity index (χ2v) is 17.6. The second-order valence-electron chi connectivity index (χ2n) is 17.6. The van der Waals surface area contributed by atoms with Gasteiger partial charge in [0.1, 0.15) is 0 Å². The predicted octanol–water partition coefficient (Wildman–Crippen LogP) is 17.3. The van der Waals surface area contributed by atoms with E-state index in [2.05, 4.69) is 253 Å². The van der Waals surface area contributed by atoms with Gasteiger partial charge >= 0.3 is 0 Å². The molecule has 0 radical (unpaired) electrons. The summed E-state index contributed by atoms with van der Waals surface area (Å²) in [6, 6.07) is 78.7. The average molecular weight is 849 g/mol. The summed E-state index contributed by atoms with van der Waals surface area (Å²) in [5.41, 5.74) is 26.3. The van der Waals surface area contributed by atoms with E-state index in [4.69, 9.17) is 0 Å². The first-order valence-electron chi connectivity index (χ1n) is 23.0. The molecule has 0 heterocycles. The standard InChI is InChI=1S/C32H22.2C13H12.C8H10/c1-21-17-19-22(20-18-21)23-12-8-16-30-31(23)26-11-4-7-15-29(26)32(30)27-13-5-2-9-24(27)25-10-3-6-14-28(25)32;1-11-7-9-13(10-8-11)12-5-3-2-4-6-12;1-3-6-11-9-12-7-4-5-8-13(12)10(11)2;1-7-3-5-8(2)6-4-7/h2-20H,1H3;2-10H,1H3;3-8H,1-2,9H2;3-6H,1-2H3/b;;11-6-;. The zero-order valence-corrected chi connectivity index (χ0v) is 38.6. The van der Waals surface area contributed by atoms with E-state index in [1.165, 1.54) is 106 Å². The summed E-state index contributed by atoms with van der Waals surface area (Å²) < 4.78 is 0. The maximum Gasteiger partial charge on any atom is 0.0725 e. The van der Waals surface area contributed by atoms with Crippen molar-refractivity contribution < 1.29 is 0 Å². The zero-order valence-electron chi connectivity index (χ0n) is 38.6. The van der Waals surface area contributed by atoms with Crippen molar-refractivity contribution in [2.24, 2.45) is 0 Å². The largest absolute Gasteiger partial charge is 0.0991 e. The van der Waals surface area contributed by atoms with Crippen LogP contribution in [0.1, 0.15) is 55.6 Å². The van der Waals surface area contributed by atoms with Crippen molar-refractivity contribution in [3.63, 3.8) is 0 Å². The molecule has 0 aromatic heterocycles. The lowest BCUT2D eigenvalue weighted by Crippen LogP contribution is -2.25. The van der Waals surface area contributed by atoms with Crippen LogP contribution in [0.5, 0.6) is 0 Å². The Morgan fingerprint density at radius 2 is 0.758 bits per heavy atom. The molecule has 0 unspecified atom stereocenters. The molecule has 0 saturated carbocycles. The Morgan fingerprint density at radius 1 is 0.364 bits per heavy atom. The molecular weight excluding hydrogens is 793 g/mol. The van der Waals surface area contributed by atoms with Gasteiger partial charge in [-0.05, 0) is 123 Å². The summed E-state index contributed by atoms with van der Waals surface area (Å²) in [5.74, 6) is 0. The lowest BCUT2D eigenvalue weighted by atomic mass is 9.70. The second kappa shape index (κ2) is 19.1. The molecular formula is C66H56. The normalized spacial score (nSPS) is 13.3. The first kappa shape index (κ1) is 43.5. The minimum absolute atomic E-state index is 0.264. The highest BCUT2D eigenvalue weighted by Crippen LogP contribution is 2.63. The highest BCUT2D eigenvalue weighted by Gasteiger charge is 2.51. The molecule has 0 heteroatoms. The molecule has 3 aliphatic carbocycles. The van der Waals surface area contributed by atoms with Crippen LogP contribution >= 0.6 is 0 Å². The Kier molecular flexibility index (Phi) is 12.6. The van der Waals surface area contributed by atoms with Crippen LogP contribution in [0, 0.1) is 27.7 Å². The van der Waals surface area contributed by atoms with E-state index in [-0.39, 0.29) is 5.41 Å². The van der Waals surface area contributed by atoms with Crippen molar-refractivity contribution in [2.75, 3.05) is 0 Å². The molecule has 320 valence electrons. The van der Waals surface area contributed by atoms with E-state index in [9.17, 15) is 0 Å². The van der Waals surface area contributed by atoms with Gasteiger partial charge in [0.15, 0.2) is 0 Å². The fourth-order valence-corrected chi connectivity index (χ4v) is 9.89. The van der Waals surface area contributed by atoms with E-state index in [0.717, 1.165) is 12.0 Å². The van der Waals surface area contributed by atoms with E-state index in [0.29, 0.717) is 0 Å². The summed E-state index contributed by atoms with van der Waals surface area (Å²) in [4.78, 5) is 0. The first-order chi connectivity index (χ1) is 32.3. The minimum atomic E-state index is -0.264. The van der Waals surface area contributed by atoms with Gasteiger partial charge in [-0.15, -0.1) is 0 Å². The van der Waals surface area contributed by atoms with Gasteiger partial charge in [-0.1, -0.05) is 266 Å². The zero-order chi connectivity index (χ0) is 45.6. The number of rotatable bonds is 3. The van der Waals surface area contributed by atoms with Crippen LogP contribution in [0.25, 0.3) is 50.1 Å². The quantitative estimate of drug-likeness (QED) is 0.166.